The summed E-state index contributed by atoms with van der Waals surface area (Å²) in [5.74, 6) is -0.672. The van der Waals surface area contributed by atoms with E-state index in [1.807, 2.05) is 48.5 Å². The van der Waals surface area contributed by atoms with Crippen molar-refractivity contribution in [2.24, 2.45) is 5.73 Å². The number of amides is 1. The van der Waals surface area contributed by atoms with Crippen molar-refractivity contribution in [1.82, 2.24) is 4.90 Å². The van der Waals surface area contributed by atoms with Crippen LogP contribution in [-0.4, -0.2) is 22.9 Å². The summed E-state index contributed by atoms with van der Waals surface area (Å²) in [4.78, 5) is 15.4. The Hall–Kier alpha value is -2.40. The highest BCUT2D eigenvalue weighted by atomic mass is 35.5. The fourth-order valence-electron chi connectivity index (χ4n) is 5.94. The standard InChI is InChI=1S/C27H25Cl2FN2O/c28-23-7-3-1-5-21(23)25(22-6-2-4-8-24(22)29)32-19-13-14-20(32)16-27(15-19,26(31)33)17-9-11-18(30)12-10-17/h1-12,19-20,25H,13-16H2,(H2,31,33). The fourth-order valence-corrected chi connectivity index (χ4v) is 6.41. The highest BCUT2D eigenvalue weighted by molar-refractivity contribution is 6.32. The Morgan fingerprint density at radius 1 is 0.879 bits per heavy atom. The van der Waals surface area contributed by atoms with Gasteiger partial charge in [-0.3, -0.25) is 9.69 Å². The molecule has 33 heavy (non-hydrogen) atoms. The van der Waals surface area contributed by atoms with Crippen molar-refractivity contribution in [3.05, 3.63) is 105 Å². The molecule has 0 aliphatic carbocycles. The first-order chi connectivity index (χ1) is 15.9. The molecule has 5 rings (SSSR count). The van der Waals surface area contributed by atoms with Crippen molar-refractivity contribution in [3.8, 4) is 0 Å². The van der Waals surface area contributed by atoms with E-state index in [2.05, 4.69) is 4.90 Å². The fraction of sp³-hybridized carbons (Fsp3) is 0.296. The van der Waals surface area contributed by atoms with Gasteiger partial charge in [0.05, 0.1) is 11.5 Å². The molecule has 0 aromatic heterocycles. The van der Waals surface area contributed by atoms with Gasteiger partial charge in [0.1, 0.15) is 5.82 Å². The zero-order valence-corrected chi connectivity index (χ0v) is 19.6. The van der Waals surface area contributed by atoms with E-state index in [-0.39, 0.29) is 29.8 Å². The maximum absolute atomic E-state index is 13.6. The predicted octanol–water partition coefficient (Wildman–Crippen LogP) is 6.27. The number of fused-ring (bicyclic) bond motifs is 2. The molecule has 6 heteroatoms. The lowest BCUT2D eigenvalue weighted by Gasteiger charge is -2.48. The van der Waals surface area contributed by atoms with Crippen molar-refractivity contribution in [1.29, 1.82) is 0 Å². The summed E-state index contributed by atoms with van der Waals surface area (Å²) in [6.45, 7) is 0. The largest absolute Gasteiger partial charge is 0.369 e. The molecule has 2 bridgehead atoms. The lowest BCUT2D eigenvalue weighted by Crippen LogP contribution is -2.55. The van der Waals surface area contributed by atoms with Gasteiger partial charge in [0.25, 0.3) is 0 Å². The first-order valence-electron chi connectivity index (χ1n) is 11.2. The third-order valence-corrected chi connectivity index (χ3v) is 8.10. The summed E-state index contributed by atoms with van der Waals surface area (Å²) in [6.07, 6.45) is 3.06. The van der Waals surface area contributed by atoms with Crippen LogP contribution in [0.1, 0.15) is 48.4 Å². The summed E-state index contributed by atoms with van der Waals surface area (Å²) < 4.78 is 13.6. The summed E-state index contributed by atoms with van der Waals surface area (Å²) in [7, 11) is 0. The molecular weight excluding hydrogens is 458 g/mol. The average molecular weight is 483 g/mol. The molecule has 2 heterocycles. The summed E-state index contributed by atoms with van der Waals surface area (Å²) in [5.41, 5.74) is 7.99. The van der Waals surface area contributed by atoms with Crippen LogP contribution in [0.25, 0.3) is 0 Å². The number of hydrogen-bond acceptors (Lipinski definition) is 2. The maximum Gasteiger partial charge on any atom is 0.228 e. The zero-order chi connectivity index (χ0) is 23.2. The molecule has 2 saturated heterocycles. The van der Waals surface area contributed by atoms with Crippen molar-refractivity contribution in [2.45, 2.75) is 49.2 Å². The second-order valence-electron chi connectivity index (χ2n) is 9.14. The number of hydrogen-bond donors (Lipinski definition) is 1. The van der Waals surface area contributed by atoms with E-state index in [0.29, 0.717) is 22.9 Å². The SMILES string of the molecule is NC(=O)C1(c2ccc(F)cc2)CC2CCC(C1)N2C(c1ccccc1Cl)c1ccccc1Cl. The number of benzene rings is 3. The van der Waals surface area contributed by atoms with Gasteiger partial charge in [0.2, 0.25) is 5.91 Å². The van der Waals surface area contributed by atoms with E-state index in [9.17, 15) is 9.18 Å². The van der Waals surface area contributed by atoms with E-state index < -0.39 is 5.41 Å². The molecule has 1 amide bonds. The van der Waals surface area contributed by atoms with E-state index >= 15 is 0 Å². The Labute approximate surface area is 203 Å². The number of rotatable bonds is 5. The monoisotopic (exact) mass is 482 g/mol. The third kappa shape index (κ3) is 3.84. The second kappa shape index (κ2) is 8.75. The van der Waals surface area contributed by atoms with Gasteiger partial charge in [0, 0.05) is 22.1 Å². The van der Waals surface area contributed by atoms with Crippen LogP contribution in [0.2, 0.25) is 10.0 Å². The Kier molecular flexibility index (Phi) is 5.94. The highest BCUT2D eigenvalue weighted by Gasteiger charge is 2.54. The molecule has 2 aliphatic rings. The molecule has 3 aromatic carbocycles. The molecule has 0 radical (unpaired) electrons. The number of carbonyl (C=O) groups is 1. The molecule has 2 atom stereocenters. The number of carbonyl (C=O) groups excluding carboxylic acids is 1. The van der Waals surface area contributed by atoms with Crippen LogP contribution in [0.15, 0.2) is 72.8 Å². The zero-order valence-electron chi connectivity index (χ0n) is 18.1. The Balaban J connectivity index is 1.60. The van der Waals surface area contributed by atoms with Crippen LogP contribution in [0.5, 0.6) is 0 Å². The number of piperidine rings is 1. The van der Waals surface area contributed by atoms with E-state index in [0.717, 1.165) is 29.5 Å². The molecular formula is C27H25Cl2FN2O. The summed E-state index contributed by atoms with van der Waals surface area (Å²) in [5, 5.41) is 1.37. The molecule has 0 spiro atoms. The van der Waals surface area contributed by atoms with Gasteiger partial charge in [-0.25, -0.2) is 4.39 Å². The van der Waals surface area contributed by atoms with Crippen LogP contribution in [-0.2, 0) is 10.2 Å². The maximum atomic E-state index is 13.6. The Bertz CT molecular complexity index is 1120. The minimum absolute atomic E-state index is 0.110. The quantitative estimate of drug-likeness (QED) is 0.465. The Morgan fingerprint density at radius 2 is 1.36 bits per heavy atom. The van der Waals surface area contributed by atoms with Crippen LogP contribution in [0.4, 0.5) is 4.39 Å². The van der Waals surface area contributed by atoms with Gasteiger partial charge in [-0.1, -0.05) is 71.7 Å². The van der Waals surface area contributed by atoms with E-state index in [1.165, 1.54) is 12.1 Å². The summed E-state index contributed by atoms with van der Waals surface area (Å²) in [6, 6.07) is 22.0. The third-order valence-electron chi connectivity index (χ3n) is 7.41. The molecule has 3 nitrogen and oxygen atoms in total. The van der Waals surface area contributed by atoms with Gasteiger partial charge in [-0.2, -0.15) is 0 Å². The smallest absolute Gasteiger partial charge is 0.228 e. The van der Waals surface area contributed by atoms with Crippen molar-refractivity contribution >= 4 is 29.1 Å². The topological polar surface area (TPSA) is 46.3 Å². The first-order valence-corrected chi connectivity index (χ1v) is 12.0. The van der Waals surface area contributed by atoms with Crippen LogP contribution in [0.3, 0.4) is 0 Å². The number of primary amides is 1. The first kappa shape index (κ1) is 22.4. The van der Waals surface area contributed by atoms with Gasteiger partial charge in [-0.15, -0.1) is 0 Å². The minimum Gasteiger partial charge on any atom is -0.369 e. The van der Waals surface area contributed by atoms with E-state index in [4.69, 9.17) is 28.9 Å². The van der Waals surface area contributed by atoms with Gasteiger partial charge in [-0.05, 0) is 66.6 Å². The molecule has 3 aromatic rings. The van der Waals surface area contributed by atoms with Crippen LogP contribution < -0.4 is 5.73 Å². The second-order valence-corrected chi connectivity index (χ2v) is 9.95. The van der Waals surface area contributed by atoms with Crippen LogP contribution >= 0.6 is 23.2 Å². The number of halogens is 3. The lowest BCUT2D eigenvalue weighted by molar-refractivity contribution is -0.127. The average Bonchev–Trinajstić information content (AvgIpc) is 3.06. The number of nitrogens with two attached hydrogens (primary N) is 1. The Morgan fingerprint density at radius 3 is 1.82 bits per heavy atom. The number of nitrogens with zero attached hydrogens (tertiary/aromatic N) is 1. The summed E-state index contributed by atoms with van der Waals surface area (Å²) >= 11 is 13.4. The molecule has 2 fully saturated rings. The van der Waals surface area contributed by atoms with E-state index in [1.54, 1.807) is 12.1 Å². The molecule has 2 N–H and O–H groups in total. The molecule has 2 unspecified atom stereocenters. The van der Waals surface area contributed by atoms with Crippen molar-refractivity contribution in [3.63, 3.8) is 0 Å². The van der Waals surface area contributed by atoms with Gasteiger partial charge >= 0.3 is 0 Å². The van der Waals surface area contributed by atoms with Crippen molar-refractivity contribution in [2.75, 3.05) is 0 Å². The van der Waals surface area contributed by atoms with Crippen LogP contribution in [0, 0.1) is 5.82 Å². The normalized spacial score (nSPS) is 24.8. The van der Waals surface area contributed by atoms with Gasteiger partial charge < -0.3 is 5.73 Å². The molecule has 170 valence electrons. The highest BCUT2D eigenvalue weighted by Crippen LogP contribution is 2.52. The molecule has 2 aliphatic heterocycles. The minimum atomic E-state index is -0.818. The van der Waals surface area contributed by atoms with Gasteiger partial charge in [0.15, 0.2) is 0 Å². The van der Waals surface area contributed by atoms with Crippen molar-refractivity contribution < 1.29 is 9.18 Å². The molecule has 0 saturated carbocycles. The predicted molar refractivity (Wildman–Crippen MR) is 130 cm³/mol. The lowest BCUT2D eigenvalue weighted by atomic mass is 9.68.